The summed E-state index contributed by atoms with van der Waals surface area (Å²) in [6.07, 6.45) is -0.626. The number of rotatable bonds is 3. The maximum Gasteiger partial charge on any atom is 0.407 e. The van der Waals surface area contributed by atoms with E-state index in [1.807, 2.05) is 36.4 Å². The predicted octanol–water partition coefficient (Wildman–Crippen LogP) is 4.56. The normalized spacial score (nSPS) is 11.8. The monoisotopic (exact) mass is 405 g/mol. The van der Waals surface area contributed by atoms with Crippen LogP contribution >= 0.6 is 0 Å². The Morgan fingerprint density at radius 2 is 1.67 bits per heavy atom. The Balaban J connectivity index is 1.35. The van der Waals surface area contributed by atoms with Gasteiger partial charge >= 0.3 is 6.09 Å². The van der Waals surface area contributed by atoms with Gasteiger partial charge < -0.3 is 15.2 Å². The molecular weight excluding hydrogens is 388 g/mol. The van der Waals surface area contributed by atoms with E-state index < -0.39 is 23.5 Å². The highest BCUT2D eigenvalue weighted by atomic mass is 19.2. The van der Waals surface area contributed by atoms with Crippen molar-refractivity contribution in [2.45, 2.75) is 5.92 Å². The molecule has 30 heavy (non-hydrogen) atoms. The van der Waals surface area contributed by atoms with Gasteiger partial charge in [0, 0.05) is 11.5 Å². The van der Waals surface area contributed by atoms with Gasteiger partial charge in [-0.3, -0.25) is 0 Å². The predicted molar refractivity (Wildman–Crippen MR) is 108 cm³/mol. The molecule has 0 heterocycles. The number of ether oxygens (including phenoxy) is 1. The Morgan fingerprint density at radius 1 is 1.03 bits per heavy atom. The van der Waals surface area contributed by atoms with Gasteiger partial charge in [0.15, 0.2) is 17.4 Å². The highest BCUT2D eigenvalue weighted by Gasteiger charge is 2.28. The number of phenolic OH excluding ortho intramolecular Hbond substituents is 1. The van der Waals surface area contributed by atoms with Crippen molar-refractivity contribution in [3.05, 3.63) is 89.0 Å². The molecule has 0 saturated heterocycles. The Bertz CT molecular complexity index is 1110. The van der Waals surface area contributed by atoms with Gasteiger partial charge in [-0.05, 0) is 34.4 Å². The molecule has 4 nitrogen and oxygen atoms in total. The molecule has 0 saturated carbocycles. The molecule has 1 aliphatic carbocycles. The third kappa shape index (κ3) is 3.83. The minimum Gasteiger partial charge on any atom is -0.505 e. The molecule has 0 radical (unpaired) electrons. The van der Waals surface area contributed by atoms with E-state index in [-0.39, 0.29) is 24.6 Å². The number of carbonyl (C=O) groups excluding carboxylic acids is 1. The standard InChI is InChI=1S/C24H17F2NO3/c25-21-12-15(13-22(28)23(21)26)6-5-11-27-24(29)30-14-20-18-9-3-1-7-16(18)17-8-2-4-10-19(17)20/h1-4,7-10,12-13,20,28H,11,14H2,(H,27,29). The molecule has 0 unspecified atom stereocenters. The molecule has 1 aliphatic rings. The van der Waals surface area contributed by atoms with E-state index in [2.05, 4.69) is 29.3 Å². The zero-order valence-corrected chi connectivity index (χ0v) is 15.8. The highest BCUT2D eigenvalue weighted by molar-refractivity contribution is 5.79. The largest absolute Gasteiger partial charge is 0.505 e. The maximum absolute atomic E-state index is 13.2. The number of fused-ring (bicyclic) bond motifs is 3. The second-order valence-corrected chi connectivity index (χ2v) is 6.77. The van der Waals surface area contributed by atoms with Crippen molar-refractivity contribution >= 4 is 6.09 Å². The molecular formula is C24H17F2NO3. The van der Waals surface area contributed by atoms with Crippen LogP contribution in [-0.2, 0) is 4.74 Å². The number of nitrogens with one attached hydrogen (secondary N) is 1. The van der Waals surface area contributed by atoms with E-state index in [1.54, 1.807) is 0 Å². The van der Waals surface area contributed by atoms with Crippen molar-refractivity contribution in [1.29, 1.82) is 0 Å². The van der Waals surface area contributed by atoms with Crippen molar-refractivity contribution < 1.29 is 23.4 Å². The van der Waals surface area contributed by atoms with E-state index in [1.165, 1.54) is 0 Å². The number of amides is 1. The summed E-state index contributed by atoms with van der Waals surface area (Å²) in [6, 6.07) is 17.9. The van der Waals surface area contributed by atoms with Gasteiger partial charge in [0.05, 0.1) is 6.54 Å². The van der Waals surface area contributed by atoms with Crippen LogP contribution in [0.3, 0.4) is 0 Å². The van der Waals surface area contributed by atoms with Crippen LogP contribution in [0.5, 0.6) is 5.75 Å². The lowest BCUT2D eigenvalue weighted by Crippen LogP contribution is -2.26. The Labute approximate surface area is 172 Å². The van der Waals surface area contributed by atoms with Crippen molar-refractivity contribution in [2.24, 2.45) is 0 Å². The fourth-order valence-corrected chi connectivity index (χ4v) is 3.56. The SMILES string of the molecule is O=C(NCC#Cc1cc(O)c(F)c(F)c1)OCC1c2ccccc2-c2ccccc21. The van der Waals surface area contributed by atoms with Crippen LogP contribution in [0.1, 0.15) is 22.6 Å². The summed E-state index contributed by atoms with van der Waals surface area (Å²) in [7, 11) is 0. The minimum absolute atomic E-state index is 0.0422. The quantitative estimate of drug-likeness (QED) is 0.628. The summed E-state index contributed by atoms with van der Waals surface area (Å²) < 4.78 is 31.7. The number of halogens is 2. The molecule has 0 fully saturated rings. The van der Waals surface area contributed by atoms with Gasteiger partial charge in [0.1, 0.15) is 6.61 Å². The Kier molecular flexibility index (Phi) is 5.36. The number of hydrogen-bond acceptors (Lipinski definition) is 3. The minimum atomic E-state index is -1.32. The first-order valence-corrected chi connectivity index (χ1v) is 9.30. The van der Waals surface area contributed by atoms with Crippen LogP contribution in [0.4, 0.5) is 13.6 Å². The van der Waals surface area contributed by atoms with Gasteiger partial charge in [-0.25, -0.2) is 9.18 Å². The molecule has 0 spiro atoms. The second kappa shape index (κ2) is 8.26. The number of benzene rings is 3. The third-order valence-corrected chi connectivity index (χ3v) is 4.91. The first kappa shape index (κ1) is 19.5. The fraction of sp³-hybridized carbons (Fsp3) is 0.125. The maximum atomic E-state index is 13.2. The lowest BCUT2D eigenvalue weighted by molar-refractivity contribution is 0.144. The van der Waals surface area contributed by atoms with Crippen molar-refractivity contribution in [3.63, 3.8) is 0 Å². The van der Waals surface area contributed by atoms with Crippen LogP contribution in [0.15, 0.2) is 60.7 Å². The summed E-state index contributed by atoms with van der Waals surface area (Å²) in [5.41, 5.74) is 4.61. The molecule has 3 aromatic carbocycles. The van der Waals surface area contributed by atoms with Crippen LogP contribution < -0.4 is 5.32 Å². The fourth-order valence-electron chi connectivity index (χ4n) is 3.56. The lowest BCUT2D eigenvalue weighted by atomic mass is 9.98. The zero-order valence-electron chi connectivity index (χ0n) is 15.8. The van der Waals surface area contributed by atoms with Crippen LogP contribution in [0.2, 0.25) is 0 Å². The number of aromatic hydroxyl groups is 1. The topological polar surface area (TPSA) is 58.6 Å². The summed E-state index contributed by atoms with van der Waals surface area (Å²) in [5, 5.41) is 11.8. The molecule has 0 atom stereocenters. The van der Waals surface area contributed by atoms with Crippen molar-refractivity contribution in [3.8, 4) is 28.7 Å². The smallest absolute Gasteiger partial charge is 0.407 e. The summed E-state index contributed by atoms with van der Waals surface area (Å²) in [4.78, 5) is 12.0. The number of phenols is 1. The summed E-state index contributed by atoms with van der Waals surface area (Å²) in [6.45, 7) is 0.140. The van der Waals surface area contributed by atoms with Crippen LogP contribution in [0, 0.1) is 23.5 Å². The molecule has 1 amide bonds. The lowest BCUT2D eigenvalue weighted by Gasteiger charge is -2.14. The molecule has 0 bridgehead atoms. The number of carbonyl (C=O) groups is 1. The summed E-state index contributed by atoms with van der Waals surface area (Å²) >= 11 is 0. The highest BCUT2D eigenvalue weighted by Crippen LogP contribution is 2.44. The van der Waals surface area contributed by atoms with Crippen molar-refractivity contribution in [1.82, 2.24) is 5.32 Å². The molecule has 150 valence electrons. The van der Waals surface area contributed by atoms with E-state index in [0.29, 0.717) is 0 Å². The Hall–Kier alpha value is -3.85. The first-order chi connectivity index (χ1) is 14.5. The van der Waals surface area contributed by atoms with Gasteiger partial charge in [-0.1, -0.05) is 60.4 Å². The van der Waals surface area contributed by atoms with Crippen molar-refractivity contribution in [2.75, 3.05) is 13.2 Å². The van der Waals surface area contributed by atoms with E-state index in [9.17, 15) is 18.7 Å². The number of alkyl carbamates (subject to hydrolysis) is 1. The number of hydrogen-bond donors (Lipinski definition) is 2. The average molecular weight is 405 g/mol. The van der Waals surface area contributed by atoms with Gasteiger partial charge in [-0.2, -0.15) is 4.39 Å². The summed E-state index contributed by atoms with van der Waals surface area (Å²) in [5.74, 6) is 1.78. The second-order valence-electron chi connectivity index (χ2n) is 6.77. The van der Waals surface area contributed by atoms with E-state index >= 15 is 0 Å². The Morgan fingerprint density at radius 3 is 2.30 bits per heavy atom. The van der Waals surface area contributed by atoms with Gasteiger partial charge in [-0.15, -0.1) is 0 Å². The molecule has 0 aliphatic heterocycles. The molecule has 4 rings (SSSR count). The molecule has 6 heteroatoms. The average Bonchev–Trinajstić information content (AvgIpc) is 3.07. The molecule has 0 aromatic heterocycles. The zero-order chi connectivity index (χ0) is 21.1. The van der Waals surface area contributed by atoms with Gasteiger partial charge in [0.25, 0.3) is 0 Å². The third-order valence-electron chi connectivity index (χ3n) is 4.91. The van der Waals surface area contributed by atoms with Crippen LogP contribution in [-0.4, -0.2) is 24.4 Å². The van der Waals surface area contributed by atoms with E-state index in [0.717, 1.165) is 34.4 Å². The molecule has 3 aromatic rings. The van der Waals surface area contributed by atoms with Crippen LogP contribution in [0.25, 0.3) is 11.1 Å². The van der Waals surface area contributed by atoms with E-state index in [4.69, 9.17) is 4.74 Å². The first-order valence-electron chi connectivity index (χ1n) is 9.30. The van der Waals surface area contributed by atoms with Gasteiger partial charge in [0.2, 0.25) is 0 Å². The molecule has 2 N–H and O–H groups in total.